The molecular weight excluding hydrogens is 364 g/mol. The predicted octanol–water partition coefficient (Wildman–Crippen LogP) is 3.14. The monoisotopic (exact) mass is 382 g/mol. The summed E-state index contributed by atoms with van der Waals surface area (Å²) in [6, 6.07) is 12.1. The van der Waals surface area contributed by atoms with Gasteiger partial charge in [-0.1, -0.05) is 17.7 Å². The smallest absolute Gasteiger partial charge is 0.247 e. The number of benzene rings is 2. The fourth-order valence-electron chi connectivity index (χ4n) is 2.35. The van der Waals surface area contributed by atoms with Crippen molar-refractivity contribution in [2.75, 3.05) is 23.0 Å². The van der Waals surface area contributed by atoms with Crippen LogP contribution in [-0.4, -0.2) is 33.7 Å². The van der Waals surface area contributed by atoms with Crippen LogP contribution in [0.5, 0.6) is 5.75 Å². The molecule has 8 heteroatoms. The number of ether oxygens (including phenoxy) is 1. The first-order valence-electron chi connectivity index (χ1n) is 7.42. The fourth-order valence-corrected chi connectivity index (χ4v) is 3.72. The Kier molecular flexibility index (Phi) is 5.92. The summed E-state index contributed by atoms with van der Waals surface area (Å²) >= 11 is 5.90. The van der Waals surface area contributed by atoms with Crippen LogP contribution in [0.15, 0.2) is 48.5 Å². The van der Waals surface area contributed by atoms with Gasteiger partial charge in [0.1, 0.15) is 11.8 Å². The molecule has 0 unspecified atom stereocenters. The first-order valence-corrected chi connectivity index (χ1v) is 9.65. The Morgan fingerprint density at radius 2 is 1.84 bits per heavy atom. The topological polar surface area (TPSA) is 75.7 Å². The highest BCUT2D eigenvalue weighted by Gasteiger charge is 2.29. The average molecular weight is 383 g/mol. The summed E-state index contributed by atoms with van der Waals surface area (Å²) < 4.78 is 30.6. The van der Waals surface area contributed by atoms with Gasteiger partial charge in [-0.2, -0.15) is 0 Å². The van der Waals surface area contributed by atoms with Crippen LogP contribution in [0.3, 0.4) is 0 Å². The summed E-state index contributed by atoms with van der Waals surface area (Å²) in [7, 11) is -2.16. The van der Waals surface area contributed by atoms with E-state index >= 15 is 0 Å². The highest BCUT2D eigenvalue weighted by atomic mass is 35.5. The average Bonchev–Trinajstić information content (AvgIpc) is 2.54. The number of sulfonamides is 1. The van der Waals surface area contributed by atoms with Gasteiger partial charge in [0, 0.05) is 10.7 Å². The molecule has 0 spiro atoms. The van der Waals surface area contributed by atoms with Crippen molar-refractivity contribution in [3.8, 4) is 5.75 Å². The molecule has 0 heterocycles. The van der Waals surface area contributed by atoms with Crippen molar-refractivity contribution in [3.63, 3.8) is 0 Å². The van der Waals surface area contributed by atoms with E-state index in [1.54, 1.807) is 48.5 Å². The zero-order chi connectivity index (χ0) is 18.6. The van der Waals surface area contributed by atoms with Gasteiger partial charge < -0.3 is 10.1 Å². The summed E-state index contributed by atoms with van der Waals surface area (Å²) in [6.45, 7) is 1.52. The molecule has 0 aliphatic heterocycles. The number of rotatable bonds is 6. The molecule has 2 aromatic rings. The maximum Gasteiger partial charge on any atom is 0.247 e. The Hall–Kier alpha value is -2.25. The molecule has 1 amide bonds. The lowest BCUT2D eigenvalue weighted by atomic mass is 10.2. The molecule has 0 fully saturated rings. The molecule has 0 saturated heterocycles. The zero-order valence-electron chi connectivity index (χ0n) is 14.1. The Balaban J connectivity index is 2.29. The van der Waals surface area contributed by atoms with E-state index in [0.717, 1.165) is 10.6 Å². The molecule has 134 valence electrons. The van der Waals surface area contributed by atoms with Gasteiger partial charge in [0.2, 0.25) is 15.9 Å². The minimum atomic E-state index is -3.68. The lowest BCUT2D eigenvalue weighted by Gasteiger charge is -2.28. The van der Waals surface area contributed by atoms with Crippen molar-refractivity contribution >= 4 is 38.9 Å². The third-order valence-corrected chi connectivity index (χ3v) is 4.98. The number of hydrogen-bond donors (Lipinski definition) is 1. The van der Waals surface area contributed by atoms with Crippen molar-refractivity contribution < 1.29 is 17.9 Å². The minimum Gasteiger partial charge on any atom is -0.497 e. The second-order valence-electron chi connectivity index (χ2n) is 5.43. The standard InChI is InChI=1S/C17H19ClN2O4S/c1-12(17(21)19-14-6-4-5-13(18)11-14)20(25(3,22)23)15-7-9-16(24-2)10-8-15/h4-12H,1-3H3,(H,19,21)/t12-/m0/s1. The number of carbonyl (C=O) groups is 1. The second kappa shape index (κ2) is 7.76. The van der Waals surface area contributed by atoms with Gasteiger partial charge in [-0.3, -0.25) is 9.10 Å². The summed E-state index contributed by atoms with van der Waals surface area (Å²) in [5.41, 5.74) is 0.865. The Morgan fingerprint density at radius 3 is 2.36 bits per heavy atom. The molecule has 0 aromatic heterocycles. The van der Waals surface area contributed by atoms with E-state index in [-0.39, 0.29) is 0 Å². The first kappa shape index (κ1) is 19.1. The van der Waals surface area contributed by atoms with Crippen molar-refractivity contribution in [1.82, 2.24) is 0 Å². The minimum absolute atomic E-state index is 0.372. The van der Waals surface area contributed by atoms with Crippen LogP contribution < -0.4 is 14.4 Å². The van der Waals surface area contributed by atoms with Gasteiger partial charge in [0.15, 0.2) is 0 Å². The van der Waals surface area contributed by atoms with Gasteiger partial charge in [-0.15, -0.1) is 0 Å². The van der Waals surface area contributed by atoms with Crippen LogP contribution in [0.1, 0.15) is 6.92 Å². The number of halogens is 1. The lowest BCUT2D eigenvalue weighted by Crippen LogP contribution is -2.45. The molecule has 0 saturated carbocycles. The summed E-state index contributed by atoms with van der Waals surface area (Å²) in [5.74, 6) is 0.122. The molecule has 2 aromatic carbocycles. The maximum atomic E-state index is 12.5. The first-order chi connectivity index (χ1) is 11.7. The SMILES string of the molecule is COc1ccc(N([C@@H](C)C(=O)Nc2cccc(Cl)c2)S(C)(=O)=O)cc1. The molecule has 0 bridgehead atoms. The molecule has 25 heavy (non-hydrogen) atoms. The molecule has 1 N–H and O–H groups in total. The Bertz CT molecular complexity index is 853. The summed E-state index contributed by atoms with van der Waals surface area (Å²) in [5, 5.41) is 3.15. The number of hydrogen-bond acceptors (Lipinski definition) is 4. The van der Waals surface area contributed by atoms with Gasteiger partial charge >= 0.3 is 0 Å². The van der Waals surface area contributed by atoms with Gasteiger partial charge in [0.25, 0.3) is 0 Å². The maximum absolute atomic E-state index is 12.5. The molecule has 1 atom stereocenters. The normalized spacial score (nSPS) is 12.3. The highest BCUT2D eigenvalue weighted by Crippen LogP contribution is 2.24. The largest absolute Gasteiger partial charge is 0.497 e. The number of amides is 1. The molecule has 0 radical (unpaired) electrons. The number of methoxy groups -OCH3 is 1. The summed E-state index contributed by atoms with van der Waals surface area (Å²) in [6.07, 6.45) is 1.06. The second-order valence-corrected chi connectivity index (χ2v) is 7.73. The lowest BCUT2D eigenvalue weighted by molar-refractivity contribution is -0.116. The van der Waals surface area contributed by atoms with E-state index in [1.807, 2.05) is 0 Å². The van der Waals surface area contributed by atoms with Gasteiger partial charge in [0.05, 0.1) is 19.1 Å². The molecule has 6 nitrogen and oxygen atoms in total. The molecular formula is C17H19ClN2O4S. The van der Waals surface area contributed by atoms with Crippen molar-refractivity contribution in [2.45, 2.75) is 13.0 Å². The Labute approximate surface area is 152 Å². The zero-order valence-corrected chi connectivity index (χ0v) is 15.6. The fraction of sp³-hybridized carbons (Fsp3) is 0.235. The van der Waals surface area contributed by atoms with Crippen LogP contribution in [0.4, 0.5) is 11.4 Å². The van der Waals surface area contributed by atoms with E-state index in [1.165, 1.54) is 14.0 Å². The van der Waals surface area contributed by atoms with Gasteiger partial charge in [-0.25, -0.2) is 8.42 Å². The van der Waals surface area contributed by atoms with Crippen LogP contribution >= 0.6 is 11.6 Å². The molecule has 2 rings (SSSR count). The quantitative estimate of drug-likeness (QED) is 0.832. The molecule has 0 aliphatic rings. The van der Waals surface area contributed by atoms with Crippen LogP contribution in [0.25, 0.3) is 0 Å². The third-order valence-electron chi connectivity index (χ3n) is 3.51. The van der Waals surface area contributed by atoms with Crippen LogP contribution in [0, 0.1) is 0 Å². The molecule has 0 aliphatic carbocycles. The Morgan fingerprint density at radius 1 is 1.20 bits per heavy atom. The number of nitrogens with zero attached hydrogens (tertiary/aromatic N) is 1. The third kappa shape index (κ3) is 4.87. The number of carbonyl (C=O) groups excluding carboxylic acids is 1. The predicted molar refractivity (Wildman–Crippen MR) is 99.9 cm³/mol. The van der Waals surface area contributed by atoms with E-state index < -0.39 is 22.0 Å². The number of anilines is 2. The van der Waals surface area contributed by atoms with E-state index in [0.29, 0.717) is 22.1 Å². The van der Waals surface area contributed by atoms with Crippen LogP contribution in [0.2, 0.25) is 5.02 Å². The van der Waals surface area contributed by atoms with Crippen LogP contribution in [-0.2, 0) is 14.8 Å². The van der Waals surface area contributed by atoms with E-state index in [2.05, 4.69) is 5.32 Å². The highest BCUT2D eigenvalue weighted by molar-refractivity contribution is 7.92. The van der Waals surface area contributed by atoms with Gasteiger partial charge in [-0.05, 0) is 49.4 Å². The van der Waals surface area contributed by atoms with Crippen molar-refractivity contribution in [2.24, 2.45) is 0 Å². The number of nitrogens with one attached hydrogen (secondary N) is 1. The van der Waals surface area contributed by atoms with Crippen molar-refractivity contribution in [1.29, 1.82) is 0 Å². The van der Waals surface area contributed by atoms with E-state index in [9.17, 15) is 13.2 Å². The summed E-state index contributed by atoms with van der Waals surface area (Å²) in [4.78, 5) is 12.5. The van der Waals surface area contributed by atoms with E-state index in [4.69, 9.17) is 16.3 Å². The van der Waals surface area contributed by atoms with Crippen molar-refractivity contribution in [3.05, 3.63) is 53.6 Å².